The van der Waals surface area contributed by atoms with Crippen LogP contribution < -0.4 is 9.64 Å². The van der Waals surface area contributed by atoms with Crippen LogP contribution in [0.25, 0.3) is 0 Å². The van der Waals surface area contributed by atoms with Crippen molar-refractivity contribution in [1.29, 1.82) is 0 Å². The Morgan fingerprint density at radius 2 is 1.88 bits per heavy atom. The van der Waals surface area contributed by atoms with Gasteiger partial charge in [-0.3, -0.25) is 0 Å². The van der Waals surface area contributed by atoms with Crippen LogP contribution in [-0.2, 0) is 6.67 Å². The number of hydrogen-bond donors (Lipinski definition) is 0. The summed E-state index contributed by atoms with van der Waals surface area (Å²) in [4.78, 5) is 1.46. The van der Waals surface area contributed by atoms with Crippen molar-refractivity contribution in [2.75, 3.05) is 19.0 Å². The Morgan fingerprint density at radius 1 is 1.25 bits per heavy atom. The molecule has 0 heterocycles. The van der Waals surface area contributed by atoms with Gasteiger partial charge in [0.25, 0.3) is 0 Å². The first-order valence-corrected chi connectivity index (χ1v) is 4.45. The molecule has 0 saturated heterocycles. The molecule has 0 N–H and O–H groups in total. The molecule has 0 aliphatic heterocycles. The molecule has 1 rings (SSSR count). The fourth-order valence-electron chi connectivity index (χ4n) is 1.22. The minimum Gasteiger partial charge on any atom is -0.404 e. The topological polar surface area (TPSA) is 12.5 Å². The number of halogens is 4. The Bertz CT molecular complexity index is 362. The van der Waals surface area contributed by atoms with Crippen molar-refractivity contribution < 1.29 is 22.3 Å². The first kappa shape index (κ1) is 12.6. The lowest BCUT2D eigenvalue weighted by molar-refractivity contribution is -0.274. The first-order chi connectivity index (χ1) is 7.33. The zero-order valence-electron chi connectivity index (χ0n) is 8.81. The highest BCUT2D eigenvalue weighted by atomic mass is 19.4. The predicted molar refractivity (Wildman–Crippen MR) is 52.3 cm³/mol. The third-order valence-corrected chi connectivity index (χ3v) is 1.89. The molecule has 1 aromatic carbocycles. The molecule has 90 valence electrons. The molecule has 1 aromatic rings. The lowest BCUT2D eigenvalue weighted by Gasteiger charge is -2.19. The normalized spacial score (nSPS) is 11.4. The summed E-state index contributed by atoms with van der Waals surface area (Å²) in [6, 6.07) is 3.84. The van der Waals surface area contributed by atoms with Crippen molar-refractivity contribution in [3.8, 4) is 5.75 Å². The molecular weight excluding hydrogens is 226 g/mol. The van der Waals surface area contributed by atoms with Crippen LogP contribution in [0.5, 0.6) is 5.75 Å². The molecular formula is C10H11F4NO. The number of hydrogen-bond acceptors (Lipinski definition) is 2. The third kappa shape index (κ3) is 3.29. The Morgan fingerprint density at radius 3 is 2.31 bits per heavy atom. The second kappa shape index (κ2) is 4.59. The summed E-state index contributed by atoms with van der Waals surface area (Å²) in [5.74, 6) is -0.396. The van der Waals surface area contributed by atoms with Gasteiger partial charge in [0.2, 0.25) is 0 Å². The number of rotatable bonds is 3. The highest BCUT2D eigenvalue weighted by molar-refractivity contribution is 5.58. The molecule has 0 bridgehead atoms. The number of ether oxygens (including phenoxy) is 1. The SMILES string of the molecule is CN(C)c1ccc(CF)cc1OC(F)(F)F. The fourth-order valence-corrected chi connectivity index (χ4v) is 1.22. The van der Waals surface area contributed by atoms with Gasteiger partial charge in [0.1, 0.15) is 6.67 Å². The quantitative estimate of drug-likeness (QED) is 0.749. The van der Waals surface area contributed by atoms with Crippen LogP contribution in [0.1, 0.15) is 5.56 Å². The van der Waals surface area contributed by atoms with Crippen molar-refractivity contribution in [1.82, 2.24) is 0 Å². The smallest absolute Gasteiger partial charge is 0.404 e. The number of anilines is 1. The van der Waals surface area contributed by atoms with E-state index in [1.807, 2.05) is 0 Å². The largest absolute Gasteiger partial charge is 0.573 e. The second-order valence-electron chi connectivity index (χ2n) is 3.38. The van der Waals surface area contributed by atoms with Crippen LogP contribution in [0, 0.1) is 0 Å². The summed E-state index contributed by atoms with van der Waals surface area (Å²) >= 11 is 0. The van der Waals surface area contributed by atoms with Crippen LogP contribution in [0.2, 0.25) is 0 Å². The maximum Gasteiger partial charge on any atom is 0.573 e. The monoisotopic (exact) mass is 237 g/mol. The summed E-state index contributed by atoms with van der Waals surface area (Å²) < 4.78 is 52.4. The van der Waals surface area contributed by atoms with E-state index in [2.05, 4.69) is 4.74 Å². The Hall–Kier alpha value is -1.46. The van der Waals surface area contributed by atoms with Crippen LogP contribution in [0.4, 0.5) is 23.2 Å². The third-order valence-electron chi connectivity index (χ3n) is 1.89. The van der Waals surface area contributed by atoms with E-state index < -0.39 is 18.8 Å². The van der Waals surface area contributed by atoms with E-state index in [1.54, 1.807) is 14.1 Å². The lowest BCUT2D eigenvalue weighted by atomic mass is 10.2. The van der Waals surface area contributed by atoms with Gasteiger partial charge in [-0.15, -0.1) is 13.2 Å². The molecule has 2 nitrogen and oxygen atoms in total. The van der Waals surface area contributed by atoms with E-state index in [9.17, 15) is 17.6 Å². The maximum absolute atomic E-state index is 12.3. The van der Waals surface area contributed by atoms with E-state index in [0.29, 0.717) is 0 Å². The number of benzene rings is 1. The van der Waals surface area contributed by atoms with Gasteiger partial charge in [-0.1, -0.05) is 6.07 Å². The molecule has 0 aliphatic carbocycles. The van der Waals surface area contributed by atoms with Crippen molar-refractivity contribution in [2.45, 2.75) is 13.0 Å². The van der Waals surface area contributed by atoms with Gasteiger partial charge >= 0.3 is 6.36 Å². The summed E-state index contributed by atoms with van der Waals surface area (Å²) in [6.07, 6.45) is -4.78. The minimum atomic E-state index is -4.78. The van der Waals surface area contributed by atoms with Gasteiger partial charge in [-0.05, 0) is 17.7 Å². The van der Waals surface area contributed by atoms with E-state index >= 15 is 0 Å². The molecule has 0 fully saturated rings. The molecule has 0 amide bonds. The Kier molecular flexibility index (Phi) is 3.62. The Balaban J connectivity index is 3.10. The van der Waals surface area contributed by atoms with Gasteiger partial charge in [0.15, 0.2) is 5.75 Å². The molecule has 16 heavy (non-hydrogen) atoms. The summed E-state index contributed by atoms with van der Waals surface area (Å²) in [7, 11) is 3.15. The zero-order valence-corrected chi connectivity index (χ0v) is 8.81. The van der Waals surface area contributed by atoms with Gasteiger partial charge < -0.3 is 9.64 Å². The average Bonchev–Trinajstić information content (AvgIpc) is 2.14. The molecule has 0 aromatic heterocycles. The van der Waals surface area contributed by atoms with Gasteiger partial charge in [0, 0.05) is 14.1 Å². The standard InChI is InChI=1S/C10H11F4NO/c1-15(2)8-4-3-7(6-11)5-9(8)16-10(12,13)14/h3-5H,6H2,1-2H3. The Labute approximate surface area is 90.4 Å². The molecule has 6 heteroatoms. The second-order valence-corrected chi connectivity index (χ2v) is 3.38. The van der Waals surface area contributed by atoms with Gasteiger partial charge in [-0.2, -0.15) is 0 Å². The average molecular weight is 237 g/mol. The molecule has 0 aliphatic rings. The molecule has 0 atom stereocenters. The van der Waals surface area contributed by atoms with Crippen LogP contribution in [0.15, 0.2) is 18.2 Å². The van der Waals surface area contributed by atoms with Crippen molar-refractivity contribution in [3.05, 3.63) is 23.8 Å². The summed E-state index contributed by atoms with van der Waals surface area (Å²) in [6.45, 7) is -0.831. The van der Waals surface area contributed by atoms with E-state index in [4.69, 9.17) is 0 Å². The van der Waals surface area contributed by atoms with Gasteiger partial charge in [-0.25, -0.2) is 4.39 Å². The molecule has 0 radical (unpaired) electrons. The number of nitrogens with zero attached hydrogens (tertiary/aromatic N) is 1. The maximum atomic E-state index is 12.3. The first-order valence-electron chi connectivity index (χ1n) is 4.45. The fraction of sp³-hybridized carbons (Fsp3) is 0.400. The molecule has 0 saturated carbocycles. The highest BCUT2D eigenvalue weighted by Crippen LogP contribution is 2.33. The molecule has 0 spiro atoms. The van der Waals surface area contributed by atoms with Crippen molar-refractivity contribution in [3.63, 3.8) is 0 Å². The zero-order chi connectivity index (χ0) is 12.3. The van der Waals surface area contributed by atoms with Gasteiger partial charge in [0.05, 0.1) is 5.69 Å². The van der Waals surface area contributed by atoms with Crippen LogP contribution >= 0.6 is 0 Å². The number of alkyl halides is 4. The minimum absolute atomic E-state index is 0.143. The van der Waals surface area contributed by atoms with E-state index in [0.717, 1.165) is 6.07 Å². The van der Waals surface area contributed by atoms with Crippen molar-refractivity contribution >= 4 is 5.69 Å². The molecule has 0 unspecified atom stereocenters. The highest BCUT2D eigenvalue weighted by Gasteiger charge is 2.32. The summed E-state index contributed by atoms with van der Waals surface area (Å²) in [5, 5.41) is 0. The van der Waals surface area contributed by atoms with E-state index in [1.165, 1.54) is 17.0 Å². The van der Waals surface area contributed by atoms with Crippen LogP contribution in [0.3, 0.4) is 0 Å². The van der Waals surface area contributed by atoms with Crippen molar-refractivity contribution in [2.24, 2.45) is 0 Å². The predicted octanol–water partition coefficient (Wildman–Crippen LogP) is 3.12. The van der Waals surface area contributed by atoms with E-state index in [-0.39, 0.29) is 11.3 Å². The lowest BCUT2D eigenvalue weighted by Crippen LogP contribution is -2.20. The van der Waals surface area contributed by atoms with Crippen LogP contribution in [-0.4, -0.2) is 20.5 Å². The summed E-state index contributed by atoms with van der Waals surface area (Å²) in [5.41, 5.74) is 0.388.